The third kappa shape index (κ3) is 1.88. The Morgan fingerprint density at radius 2 is 2.33 bits per heavy atom. The lowest BCUT2D eigenvalue weighted by atomic mass is 10.3. The van der Waals surface area contributed by atoms with Gasteiger partial charge in [0.15, 0.2) is 4.96 Å². The molecule has 0 fully saturated rings. The molecule has 0 aromatic carbocycles. The Balaban J connectivity index is 1.80. The van der Waals surface area contributed by atoms with Crippen molar-refractivity contribution < 1.29 is 0 Å². The fourth-order valence-electron chi connectivity index (χ4n) is 1.97. The van der Waals surface area contributed by atoms with Crippen LogP contribution in [-0.2, 0) is 13.1 Å². The maximum absolute atomic E-state index is 4.53. The van der Waals surface area contributed by atoms with E-state index in [1.165, 1.54) is 5.69 Å². The van der Waals surface area contributed by atoms with Gasteiger partial charge in [0.1, 0.15) is 0 Å². The van der Waals surface area contributed by atoms with E-state index in [0.29, 0.717) is 0 Å². The van der Waals surface area contributed by atoms with Crippen molar-refractivity contribution in [1.29, 1.82) is 0 Å². The Kier molecular flexibility index (Phi) is 2.79. The van der Waals surface area contributed by atoms with Gasteiger partial charge in [-0.25, -0.2) is 4.98 Å². The summed E-state index contributed by atoms with van der Waals surface area (Å²) in [6.07, 6.45) is 5.93. The predicted octanol–water partition coefficient (Wildman–Crippen LogP) is 2.53. The molecule has 3 heterocycles. The summed E-state index contributed by atoms with van der Waals surface area (Å²) in [7, 11) is 0. The highest BCUT2D eigenvalue weighted by atomic mass is 32.1. The van der Waals surface area contributed by atoms with Gasteiger partial charge in [-0.1, -0.05) is 0 Å². The van der Waals surface area contributed by atoms with Crippen molar-refractivity contribution in [3.8, 4) is 0 Å². The van der Waals surface area contributed by atoms with Crippen molar-refractivity contribution in [1.82, 2.24) is 19.2 Å². The molecule has 0 atom stereocenters. The summed E-state index contributed by atoms with van der Waals surface area (Å²) in [5, 5.41) is 9.68. The van der Waals surface area contributed by atoms with Crippen LogP contribution in [-0.4, -0.2) is 19.2 Å². The van der Waals surface area contributed by atoms with Gasteiger partial charge in [0.25, 0.3) is 0 Å². The Morgan fingerprint density at radius 3 is 3.11 bits per heavy atom. The van der Waals surface area contributed by atoms with E-state index in [-0.39, 0.29) is 0 Å². The number of hydrogen-bond acceptors (Lipinski definition) is 4. The van der Waals surface area contributed by atoms with Gasteiger partial charge in [-0.05, 0) is 13.8 Å². The summed E-state index contributed by atoms with van der Waals surface area (Å²) < 4.78 is 4.04. The van der Waals surface area contributed by atoms with Crippen LogP contribution in [0.2, 0.25) is 0 Å². The van der Waals surface area contributed by atoms with Crippen LogP contribution < -0.4 is 5.32 Å². The van der Waals surface area contributed by atoms with Crippen molar-refractivity contribution in [2.75, 3.05) is 5.32 Å². The van der Waals surface area contributed by atoms with Gasteiger partial charge in [0.2, 0.25) is 0 Å². The average molecular weight is 261 g/mol. The SMILES string of the molecule is CCn1cc(NCc2c(C)nc3sccn23)cn1. The van der Waals surface area contributed by atoms with Crippen molar-refractivity contribution >= 4 is 22.0 Å². The lowest BCUT2D eigenvalue weighted by molar-refractivity contribution is 0.660. The van der Waals surface area contributed by atoms with E-state index >= 15 is 0 Å². The molecular weight excluding hydrogens is 246 g/mol. The van der Waals surface area contributed by atoms with E-state index in [2.05, 4.69) is 38.3 Å². The van der Waals surface area contributed by atoms with Crippen LogP contribution in [0.4, 0.5) is 5.69 Å². The molecule has 3 aromatic rings. The zero-order chi connectivity index (χ0) is 12.5. The standard InChI is InChI=1S/C12H15N5S/c1-3-16-8-10(6-14-16)13-7-11-9(2)15-12-17(11)4-5-18-12/h4-6,8,13H,3,7H2,1-2H3. The fourth-order valence-corrected chi connectivity index (χ4v) is 2.75. The molecule has 0 saturated heterocycles. The molecule has 0 aliphatic heterocycles. The molecule has 0 bridgehead atoms. The number of rotatable bonds is 4. The predicted molar refractivity (Wildman–Crippen MR) is 73.0 cm³/mol. The number of aromatic nitrogens is 4. The van der Waals surface area contributed by atoms with E-state index in [1.54, 1.807) is 11.3 Å². The van der Waals surface area contributed by atoms with Gasteiger partial charge >= 0.3 is 0 Å². The Bertz CT molecular complexity index is 663. The number of fused-ring (bicyclic) bond motifs is 1. The summed E-state index contributed by atoms with van der Waals surface area (Å²) in [5.41, 5.74) is 3.33. The molecule has 0 spiro atoms. The van der Waals surface area contributed by atoms with E-state index in [0.717, 1.165) is 29.4 Å². The first kappa shape index (κ1) is 11.3. The molecule has 18 heavy (non-hydrogen) atoms. The van der Waals surface area contributed by atoms with Gasteiger partial charge in [-0.3, -0.25) is 9.08 Å². The summed E-state index contributed by atoms with van der Waals surface area (Å²) >= 11 is 1.66. The number of hydrogen-bond donors (Lipinski definition) is 1. The van der Waals surface area contributed by atoms with Crippen molar-refractivity contribution in [2.24, 2.45) is 0 Å². The van der Waals surface area contributed by atoms with Crippen molar-refractivity contribution in [3.63, 3.8) is 0 Å². The quantitative estimate of drug-likeness (QED) is 0.785. The average Bonchev–Trinajstić information content (AvgIpc) is 3.03. The number of anilines is 1. The molecule has 0 amide bonds. The number of thiazole rings is 1. The van der Waals surface area contributed by atoms with Crippen LogP contribution in [0.25, 0.3) is 4.96 Å². The third-order valence-electron chi connectivity index (χ3n) is 2.98. The monoisotopic (exact) mass is 261 g/mol. The molecule has 0 saturated carbocycles. The van der Waals surface area contributed by atoms with E-state index in [9.17, 15) is 0 Å². The second-order valence-corrected chi connectivity index (χ2v) is 5.01. The first-order valence-electron chi connectivity index (χ1n) is 5.95. The van der Waals surface area contributed by atoms with Crippen LogP contribution in [0.1, 0.15) is 18.3 Å². The topological polar surface area (TPSA) is 47.2 Å². The first-order chi connectivity index (χ1) is 8.78. The fraction of sp³-hybridized carbons (Fsp3) is 0.333. The van der Waals surface area contributed by atoms with Gasteiger partial charge in [0.05, 0.1) is 29.8 Å². The summed E-state index contributed by atoms with van der Waals surface area (Å²) in [4.78, 5) is 5.58. The normalized spacial score (nSPS) is 11.2. The second kappa shape index (κ2) is 4.45. The molecular formula is C12H15N5S. The van der Waals surface area contributed by atoms with Gasteiger partial charge in [-0.2, -0.15) is 5.10 Å². The zero-order valence-electron chi connectivity index (χ0n) is 10.4. The number of nitrogens with zero attached hydrogens (tertiary/aromatic N) is 4. The summed E-state index contributed by atoms with van der Waals surface area (Å²) in [5.74, 6) is 0. The van der Waals surface area contributed by atoms with E-state index in [4.69, 9.17) is 0 Å². The maximum atomic E-state index is 4.53. The van der Waals surface area contributed by atoms with Crippen LogP contribution in [0.15, 0.2) is 24.0 Å². The zero-order valence-corrected chi connectivity index (χ0v) is 11.2. The Morgan fingerprint density at radius 1 is 1.44 bits per heavy atom. The minimum atomic E-state index is 0.763. The molecule has 6 heteroatoms. The lowest BCUT2D eigenvalue weighted by Gasteiger charge is -2.03. The Hall–Kier alpha value is -1.82. The lowest BCUT2D eigenvalue weighted by Crippen LogP contribution is -2.02. The number of imidazole rings is 1. The molecule has 1 N–H and O–H groups in total. The maximum Gasteiger partial charge on any atom is 0.194 e. The van der Waals surface area contributed by atoms with Crippen LogP contribution >= 0.6 is 11.3 Å². The number of aryl methyl sites for hydroxylation is 2. The minimum absolute atomic E-state index is 0.763. The molecule has 0 radical (unpaired) electrons. The van der Waals surface area contributed by atoms with Gasteiger partial charge < -0.3 is 5.32 Å². The largest absolute Gasteiger partial charge is 0.377 e. The molecule has 5 nitrogen and oxygen atoms in total. The highest BCUT2D eigenvalue weighted by Gasteiger charge is 2.09. The highest BCUT2D eigenvalue weighted by Crippen LogP contribution is 2.18. The molecule has 0 aliphatic rings. The van der Waals surface area contributed by atoms with E-state index in [1.807, 2.05) is 24.0 Å². The highest BCUT2D eigenvalue weighted by molar-refractivity contribution is 7.15. The van der Waals surface area contributed by atoms with Crippen LogP contribution in [0.5, 0.6) is 0 Å². The smallest absolute Gasteiger partial charge is 0.194 e. The van der Waals surface area contributed by atoms with Crippen molar-refractivity contribution in [2.45, 2.75) is 26.9 Å². The first-order valence-corrected chi connectivity index (χ1v) is 6.83. The summed E-state index contributed by atoms with van der Waals surface area (Å²) in [6.45, 7) is 5.78. The van der Waals surface area contributed by atoms with Crippen molar-refractivity contribution in [3.05, 3.63) is 35.4 Å². The third-order valence-corrected chi connectivity index (χ3v) is 3.74. The van der Waals surface area contributed by atoms with E-state index < -0.39 is 0 Å². The molecule has 0 unspecified atom stereocenters. The molecule has 3 rings (SSSR count). The minimum Gasteiger partial charge on any atom is -0.377 e. The number of nitrogens with one attached hydrogen (secondary N) is 1. The molecule has 0 aliphatic carbocycles. The second-order valence-electron chi connectivity index (χ2n) is 4.14. The molecule has 3 aromatic heterocycles. The van der Waals surface area contributed by atoms with Gasteiger partial charge in [-0.15, -0.1) is 11.3 Å². The van der Waals surface area contributed by atoms with Crippen LogP contribution in [0, 0.1) is 6.92 Å². The molecule has 94 valence electrons. The van der Waals surface area contributed by atoms with Gasteiger partial charge in [0, 0.05) is 24.3 Å². The van der Waals surface area contributed by atoms with Crippen LogP contribution in [0.3, 0.4) is 0 Å². The Labute approximate surface area is 109 Å². The summed E-state index contributed by atoms with van der Waals surface area (Å²) in [6, 6.07) is 0.